The van der Waals surface area contributed by atoms with Gasteiger partial charge in [0.25, 0.3) is 0 Å². The van der Waals surface area contributed by atoms with Crippen LogP contribution in [0.5, 0.6) is 11.5 Å². The van der Waals surface area contributed by atoms with Crippen molar-refractivity contribution in [1.29, 1.82) is 0 Å². The van der Waals surface area contributed by atoms with Crippen LogP contribution in [0, 0.1) is 0 Å². The Hall–Kier alpha value is -3.08. The monoisotopic (exact) mass is 349 g/mol. The Morgan fingerprint density at radius 2 is 1.81 bits per heavy atom. The standard InChI is InChI=1S/C21H19NO4/c1-12(23)17-11-22(13(2)24)21-20(19(17)14-6-4-3-5-7-14)16-10-15(25)8-9-18(16)26-21/h3-11,19-21,25H,1-2H3/t19-,20+,21+/m0/s1. The summed E-state index contributed by atoms with van der Waals surface area (Å²) in [5, 5.41) is 9.98. The number of ketones is 1. The average molecular weight is 349 g/mol. The first-order valence-corrected chi connectivity index (χ1v) is 8.53. The second-order valence-corrected chi connectivity index (χ2v) is 6.71. The molecule has 0 saturated carbocycles. The summed E-state index contributed by atoms with van der Waals surface area (Å²) in [6.07, 6.45) is 1.08. The van der Waals surface area contributed by atoms with Crippen LogP contribution in [0.4, 0.5) is 0 Å². The van der Waals surface area contributed by atoms with Gasteiger partial charge in [0.1, 0.15) is 11.5 Å². The number of rotatable bonds is 2. The number of Topliss-reactive ketones (excluding diaryl/α,β-unsaturated/α-hetero) is 1. The molecule has 4 rings (SSSR count). The number of ether oxygens (including phenoxy) is 1. The minimum atomic E-state index is -0.544. The number of carbonyl (C=O) groups excluding carboxylic acids is 2. The molecule has 0 aromatic heterocycles. The minimum Gasteiger partial charge on any atom is -0.508 e. The molecule has 2 aromatic rings. The molecule has 1 N–H and O–H groups in total. The molecule has 2 aliphatic rings. The maximum absolute atomic E-state index is 12.4. The number of phenols is 1. The van der Waals surface area contributed by atoms with E-state index in [1.165, 1.54) is 18.7 Å². The summed E-state index contributed by atoms with van der Waals surface area (Å²) >= 11 is 0. The van der Waals surface area contributed by atoms with Crippen molar-refractivity contribution in [3.8, 4) is 11.5 Å². The van der Waals surface area contributed by atoms with Crippen LogP contribution in [0.25, 0.3) is 0 Å². The lowest BCUT2D eigenvalue weighted by Gasteiger charge is -2.39. The van der Waals surface area contributed by atoms with E-state index in [4.69, 9.17) is 4.74 Å². The molecule has 0 aliphatic carbocycles. The number of carbonyl (C=O) groups is 2. The highest BCUT2D eigenvalue weighted by Crippen LogP contribution is 2.53. The fraction of sp³-hybridized carbons (Fsp3) is 0.238. The fourth-order valence-corrected chi connectivity index (χ4v) is 3.96. The van der Waals surface area contributed by atoms with Crippen molar-refractivity contribution >= 4 is 11.7 Å². The van der Waals surface area contributed by atoms with E-state index in [1.807, 2.05) is 30.3 Å². The zero-order valence-corrected chi connectivity index (χ0v) is 14.5. The Kier molecular flexibility index (Phi) is 3.80. The van der Waals surface area contributed by atoms with Gasteiger partial charge in [-0.3, -0.25) is 14.5 Å². The molecule has 132 valence electrons. The first kappa shape index (κ1) is 16.4. The molecule has 26 heavy (non-hydrogen) atoms. The number of nitrogens with zero attached hydrogens (tertiary/aromatic N) is 1. The van der Waals surface area contributed by atoms with Crippen LogP contribution < -0.4 is 4.74 Å². The SMILES string of the molecule is CC(=O)C1=CN(C(C)=O)[C@@H]2Oc3ccc(O)cc3[C@@H]2[C@H]1c1ccccc1. The summed E-state index contributed by atoms with van der Waals surface area (Å²) in [7, 11) is 0. The van der Waals surface area contributed by atoms with Gasteiger partial charge in [0.05, 0.1) is 5.92 Å². The largest absolute Gasteiger partial charge is 0.508 e. The Bertz CT molecular complexity index is 919. The molecule has 5 heteroatoms. The van der Waals surface area contributed by atoms with Gasteiger partial charge in [0.2, 0.25) is 5.91 Å². The summed E-state index contributed by atoms with van der Waals surface area (Å²) in [6.45, 7) is 2.97. The molecule has 0 radical (unpaired) electrons. The number of hydrogen-bond acceptors (Lipinski definition) is 4. The normalized spacial score (nSPS) is 23.5. The summed E-state index contributed by atoms with van der Waals surface area (Å²) in [5.74, 6) is -0.0413. The Morgan fingerprint density at radius 1 is 1.08 bits per heavy atom. The minimum absolute atomic E-state index is 0.0860. The maximum Gasteiger partial charge on any atom is 0.226 e. The van der Waals surface area contributed by atoms with Crippen molar-refractivity contribution in [3.63, 3.8) is 0 Å². The molecule has 2 heterocycles. The zero-order chi connectivity index (χ0) is 18.4. The van der Waals surface area contributed by atoms with E-state index in [1.54, 1.807) is 24.4 Å². The van der Waals surface area contributed by atoms with Crippen molar-refractivity contribution < 1.29 is 19.4 Å². The molecule has 1 amide bonds. The van der Waals surface area contributed by atoms with E-state index in [2.05, 4.69) is 0 Å². The quantitative estimate of drug-likeness (QED) is 0.903. The predicted molar refractivity (Wildman–Crippen MR) is 95.7 cm³/mol. The third-order valence-electron chi connectivity index (χ3n) is 5.08. The molecule has 0 bridgehead atoms. The van der Waals surface area contributed by atoms with Crippen LogP contribution in [0.3, 0.4) is 0 Å². The third-order valence-corrected chi connectivity index (χ3v) is 5.08. The smallest absolute Gasteiger partial charge is 0.226 e. The molecule has 0 unspecified atom stereocenters. The molecule has 0 fully saturated rings. The first-order valence-electron chi connectivity index (χ1n) is 8.53. The topological polar surface area (TPSA) is 66.8 Å². The van der Waals surface area contributed by atoms with Crippen molar-refractivity contribution in [1.82, 2.24) is 4.90 Å². The van der Waals surface area contributed by atoms with Gasteiger partial charge in [-0.1, -0.05) is 30.3 Å². The van der Waals surface area contributed by atoms with E-state index in [0.717, 1.165) is 11.1 Å². The number of phenolic OH excluding ortho intramolecular Hbond substituents is 1. The number of amides is 1. The molecule has 3 atom stereocenters. The van der Waals surface area contributed by atoms with Crippen LogP contribution in [0.15, 0.2) is 60.3 Å². The number of hydrogen-bond donors (Lipinski definition) is 1. The van der Waals surface area contributed by atoms with Crippen molar-refractivity contribution in [2.24, 2.45) is 0 Å². The zero-order valence-electron chi connectivity index (χ0n) is 14.5. The Labute approximate surface area is 151 Å². The van der Waals surface area contributed by atoms with Crippen LogP contribution >= 0.6 is 0 Å². The van der Waals surface area contributed by atoms with Gasteiger partial charge in [0.15, 0.2) is 12.0 Å². The molecular weight excluding hydrogens is 330 g/mol. The van der Waals surface area contributed by atoms with Crippen molar-refractivity contribution in [2.45, 2.75) is 31.9 Å². The number of fused-ring (bicyclic) bond motifs is 3. The number of allylic oxidation sites excluding steroid dienone is 1. The fourth-order valence-electron chi connectivity index (χ4n) is 3.96. The van der Waals surface area contributed by atoms with E-state index in [-0.39, 0.29) is 29.3 Å². The lowest BCUT2D eigenvalue weighted by atomic mass is 9.73. The summed E-state index contributed by atoms with van der Waals surface area (Å²) in [6, 6.07) is 14.7. The average Bonchev–Trinajstić information content (AvgIpc) is 2.99. The number of benzene rings is 2. The van der Waals surface area contributed by atoms with E-state index in [9.17, 15) is 14.7 Å². The predicted octanol–water partition coefficient (Wildman–Crippen LogP) is 3.31. The first-order chi connectivity index (χ1) is 12.5. The van der Waals surface area contributed by atoms with Gasteiger partial charge >= 0.3 is 0 Å². The molecule has 2 aliphatic heterocycles. The second-order valence-electron chi connectivity index (χ2n) is 6.71. The summed E-state index contributed by atoms with van der Waals surface area (Å²) < 4.78 is 6.06. The highest BCUT2D eigenvalue weighted by Gasteiger charge is 2.49. The third kappa shape index (κ3) is 2.47. The van der Waals surface area contributed by atoms with Gasteiger partial charge in [-0.05, 0) is 30.7 Å². The van der Waals surface area contributed by atoms with E-state index < -0.39 is 6.23 Å². The molecule has 0 spiro atoms. The lowest BCUT2D eigenvalue weighted by molar-refractivity contribution is -0.134. The maximum atomic E-state index is 12.4. The highest BCUT2D eigenvalue weighted by molar-refractivity contribution is 5.96. The van der Waals surface area contributed by atoms with Gasteiger partial charge < -0.3 is 9.84 Å². The van der Waals surface area contributed by atoms with Crippen LogP contribution in [0.2, 0.25) is 0 Å². The molecule has 5 nitrogen and oxygen atoms in total. The van der Waals surface area contributed by atoms with Gasteiger partial charge in [-0.15, -0.1) is 0 Å². The highest BCUT2D eigenvalue weighted by atomic mass is 16.5. The molecule has 0 saturated heterocycles. The lowest BCUT2D eigenvalue weighted by Crippen LogP contribution is -2.46. The van der Waals surface area contributed by atoms with Gasteiger partial charge in [-0.25, -0.2) is 0 Å². The van der Waals surface area contributed by atoms with Crippen molar-refractivity contribution in [3.05, 3.63) is 71.4 Å². The summed E-state index contributed by atoms with van der Waals surface area (Å²) in [4.78, 5) is 26.1. The Balaban J connectivity index is 1.95. The van der Waals surface area contributed by atoms with Crippen LogP contribution in [0.1, 0.15) is 36.8 Å². The Morgan fingerprint density at radius 3 is 2.46 bits per heavy atom. The van der Waals surface area contributed by atoms with Crippen molar-refractivity contribution in [2.75, 3.05) is 0 Å². The number of aromatic hydroxyl groups is 1. The van der Waals surface area contributed by atoms with Gasteiger partial charge in [0, 0.05) is 30.2 Å². The van der Waals surface area contributed by atoms with E-state index in [0.29, 0.717) is 11.3 Å². The van der Waals surface area contributed by atoms with Gasteiger partial charge in [-0.2, -0.15) is 0 Å². The summed E-state index contributed by atoms with van der Waals surface area (Å²) in [5.41, 5.74) is 2.35. The molecular formula is C21H19NO4. The van der Waals surface area contributed by atoms with Crippen LogP contribution in [-0.4, -0.2) is 27.9 Å². The molecule has 2 aromatic carbocycles. The second kappa shape index (κ2) is 6.02. The van der Waals surface area contributed by atoms with E-state index >= 15 is 0 Å². The van der Waals surface area contributed by atoms with Crippen LogP contribution in [-0.2, 0) is 9.59 Å².